The number of hydrogen-bond donors (Lipinski definition) is 2. The molecule has 0 radical (unpaired) electrons. The molecule has 0 saturated carbocycles. The largest absolute Gasteiger partial charge is 0.383 e. The van der Waals surface area contributed by atoms with E-state index in [4.69, 9.17) is 5.73 Å². The van der Waals surface area contributed by atoms with Gasteiger partial charge in [-0.3, -0.25) is 4.79 Å². The van der Waals surface area contributed by atoms with E-state index in [0.29, 0.717) is 6.04 Å². The van der Waals surface area contributed by atoms with Gasteiger partial charge in [0, 0.05) is 11.7 Å². The predicted octanol–water partition coefficient (Wildman–Crippen LogP) is 1.53. The first-order chi connectivity index (χ1) is 6.59. The number of nitrogens with one attached hydrogen (secondary N) is 1. The number of carbonyl (C=O) groups excluding carboxylic acids is 1. The maximum absolute atomic E-state index is 10.8. The minimum Gasteiger partial charge on any atom is -0.383 e. The topological polar surface area (TPSA) is 55.1 Å². The summed E-state index contributed by atoms with van der Waals surface area (Å²) in [6.07, 6.45) is 0.288. The van der Waals surface area contributed by atoms with E-state index in [1.807, 2.05) is 24.3 Å². The van der Waals surface area contributed by atoms with Crippen LogP contribution < -0.4 is 11.1 Å². The van der Waals surface area contributed by atoms with Gasteiger partial charge >= 0.3 is 0 Å². The molecule has 0 fully saturated rings. The summed E-state index contributed by atoms with van der Waals surface area (Å²) < 4.78 is 0. The Bertz CT molecular complexity index is 321. The normalized spacial score (nSPS) is 10.2. The number of carbonyl (C=O) groups is 1. The molecule has 0 aliphatic rings. The average molecular weight is 192 g/mol. The minimum atomic E-state index is -0.303. The molecule has 1 aromatic rings. The molecule has 0 aliphatic carbocycles. The summed E-state index contributed by atoms with van der Waals surface area (Å²) in [7, 11) is 0. The lowest BCUT2D eigenvalue weighted by molar-refractivity contribution is -0.117. The average Bonchev–Trinajstić information content (AvgIpc) is 2.06. The van der Waals surface area contributed by atoms with Crippen molar-refractivity contribution >= 4 is 11.6 Å². The molecule has 0 atom stereocenters. The van der Waals surface area contributed by atoms with Crippen LogP contribution in [0.25, 0.3) is 0 Å². The van der Waals surface area contributed by atoms with Crippen LogP contribution in [0.15, 0.2) is 24.3 Å². The molecule has 0 bridgehead atoms. The lowest BCUT2D eigenvalue weighted by Gasteiger charge is -2.13. The first kappa shape index (κ1) is 10.6. The van der Waals surface area contributed by atoms with Gasteiger partial charge in [0.05, 0.1) is 6.42 Å². The van der Waals surface area contributed by atoms with Gasteiger partial charge in [-0.2, -0.15) is 0 Å². The van der Waals surface area contributed by atoms with Crippen molar-refractivity contribution in [3.63, 3.8) is 0 Å². The van der Waals surface area contributed by atoms with Crippen LogP contribution in [0.1, 0.15) is 19.4 Å². The lowest BCUT2D eigenvalue weighted by Crippen LogP contribution is -2.17. The molecule has 3 nitrogen and oxygen atoms in total. The summed E-state index contributed by atoms with van der Waals surface area (Å²) in [5.41, 5.74) is 7.10. The fourth-order valence-electron chi connectivity index (χ4n) is 1.31. The van der Waals surface area contributed by atoms with Crippen LogP contribution in [0.3, 0.4) is 0 Å². The summed E-state index contributed by atoms with van der Waals surface area (Å²) in [6, 6.07) is 8.07. The molecular formula is C11H16N2O. The summed E-state index contributed by atoms with van der Waals surface area (Å²) in [5, 5.41) is 3.27. The van der Waals surface area contributed by atoms with Crippen LogP contribution in [0.4, 0.5) is 5.69 Å². The first-order valence-electron chi connectivity index (χ1n) is 4.72. The number of nitrogens with two attached hydrogens (primary N) is 1. The molecule has 1 rings (SSSR count). The zero-order valence-corrected chi connectivity index (χ0v) is 8.58. The Morgan fingerprint density at radius 3 is 2.64 bits per heavy atom. The van der Waals surface area contributed by atoms with Gasteiger partial charge in [-0.15, -0.1) is 0 Å². The highest BCUT2D eigenvalue weighted by molar-refractivity contribution is 5.78. The molecule has 0 aromatic heterocycles. The highest BCUT2D eigenvalue weighted by Gasteiger charge is 2.04. The zero-order valence-electron chi connectivity index (χ0n) is 8.58. The van der Waals surface area contributed by atoms with E-state index >= 15 is 0 Å². The predicted molar refractivity (Wildman–Crippen MR) is 58.1 cm³/mol. The number of primary amides is 1. The van der Waals surface area contributed by atoms with Gasteiger partial charge in [-0.25, -0.2) is 0 Å². The van der Waals surface area contributed by atoms with E-state index in [1.54, 1.807) is 0 Å². The van der Waals surface area contributed by atoms with Crippen LogP contribution >= 0.6 is 0 Å². The molecule has 1 aromatic carbocycles. The van der Waals surface area contributed by atoms with Crippen molar-refractivity contribution in [2.75, 3.05) is 5.32 Å². The SMILES string of the molecule is CC(C)Nc1ccccc1CC(N)=O. The third kappa shape index (κ3) is 3.09. The number of hydrogen-bond acceptors (Lipinski definition) is 2. The standard InChI is InChI=1S/C11H16N2O/c1-8(2)13-10-6-4-3-5-9(10)7-11(12)14/h3-6,8,13H,7H2,1-2H3,(H2,12,14). The van der Waals surface area contributed by atoms with E-state index in [0.717, 1.165) is 11.3 Å². The second-order valence-corrected chi connectivity index (χ2v) is 3.60. The van der Waals surface area contributed by atoms with Gasteiger partial charge < -0.3 is 11.1 Å². The summed E-state index contributed by atoms with van der Waals surface area (Å²) in [6.45, 7) is 4.11. The van der Waals surface area contributed by atoms with Crippen LogP contribution in [0.2, 0.25) is 0 Å². The second-order valence-electron chi connectivity index (χ2n) is 3.60. The minimum absolute atomic E-state index is 0.288. The molecule has 0 heterocycles. The van der Waals surface area contributed by atoms with Gasteiger partial charge in [0.15, 0.2) is 0 Å². The fourth-order valence-corrected chi connectivity index (χ4v) is 1.31. The number of amides is 1. The zero-order chi connectivity index (χ0) is 10.6. The highest BCUT2D eigenvalue weighted by Crippen LogP contribution is 2.16. The Balaban J connectivity index is 2.85. The van der Waals surface area contributed by atoms with Crippen molar-refractivity contribution in [1.29, 1.82) is 0 Å². The van der Waals surface area contributed by atoms with Crippen LogP contribution in [0.5, 0.6) is 0 Å². The van der Waals surface area contributed by atoms with Crippen LogP contribution in [0, 0.1) is 0 Å². The monoisotopic (exact) mass is 192 g/mol. The van der Waals surface area contributed by atoms with Gasteiger partial charge in [0.1, 0.15) is 0 Å². The smallest absolute Gasteiger partial charge is 0.221 e. The number of benzene rings is 1. The molecular weight excluding hydrogens is 176 g/mol. The van der Waals surface area contributed by atoms with Crippen molar-refractivity contribution < 1.29 is 4.79 Å². The third-order valence-electron chi connectivity index (χ3n) is 1.83. The van der Waals surface area contributed by atoms with Crippen molar-refractivity contribution in [2.45, 2.75) is 26.3 Å². The van der Waals surface area contributed by atoms with Gasteiger partial charge in [0.2, 0.25) is 5.91 Å². The first-order valence-corrected chi connectivity index (χ1v) is 4.72. The fraction of sp³-hybridized carbons (Fsp3) is 0.364. The molecule has 76 valence electrons. The Morgan fingerprint density at radius 2 is 2.07 bits per heavy atom. The van der Waals surface area contributed by atoms with Gasteiger partial charge in [-0.1, -0.05) is 18.2 Å². The molecule has 1 amide bonds. The van der Waals surface area contributed by atoms with E-state index in [2.05, 4.69) is 19.2 Å². The lowest BCUT2D eigenvalue weighted by atomic mass is 10.1. The summed E-state index contributed by atoms with van der Waals surface area (Å²) in [4.78, 5) is 10.8. The van der Waals surface area contributed by atoms with E-state index in [1.165, 1.54) is 0 Å². The van der Waals surface area contributed by atoms with E-state index in [9.17, 15) is 4.79 Å². The maximum atomic E-state index is 10.8. The molecule has 0 unspecified atom stereocenters. The Kier molecular flexibility index (Phi) is 3.51. The van der Waals surface area contributed by atoms with Crippen LogP contribution in [-0.2, 0) is 11.2 Å². The summed E-state index contributed by atoms with van der Waals surface area (Å²) >= 11 is 0. The molecule has 0 aliphatic heterocycles. The Morgan fingerprint density at radius 1 is 1.43 bits per heavy atom. The number of para-hydroxylation sites is 1. The Hall–Kier alpha value is -1.51. The van der Waals surface area contributed by atoms with Crippen molar-refractivity contribution in [3.05, 3.63) is 29.8 Å². The molecule has 3 N–H and O–H groups in total. The second kappa shape index (κ2) is 4.65. The number of anilines is 1. The quantitative estimate of drug-likeness (QED) is 0.760. The van der Waals surface area contributed by atoms with Gasteiger partial charge in [0.25, 0.3) is 0 Å². The van der Waals surface area contributed by atoms with E-state index < -0.39 is 0 Å². The van der Waals surface area contributed by atoms with Crippen molar-refractivity contribution in [3.8, 4) is 0 Å². The molecule has 0 spiro atoms. The third-order valence-corrected chi connectivity index (χ3v) is 1.83. The van der Waals surface area contributed by atoms with Gasteiger partial charge in [-0.05, 0) is 25.5 Å². The molecule has 0 saturated heterocycles. The molecule has 14 heavy (non-hydrogen) atoms. The molecule has 3 heteroatoms. The number of rotatable bonds is 4. The van der Waals surface area contributed by atoms with E-state index in [-0.39, 0.29) is 12.3 Å². The maximum Gasteiger partial charge on any atom is 0.221 e. The van der Waals surface area contributed by atoms with Crippen molar-refractivity contribution in [1.82, 2.24) is 0 Å². The van der Waals surface area contributed by atoms with Crippen LogP contribution in [-0.4, -0.2) is 11.9 Å². The van der Waals surface area contributed by atoms with Crippen molar-refractivity contribution in [2.24, 2.45) is 5.73 Å². The Labute approximate surface area is 84.3 Å². The summed E-state index contributed by atoms with van der Waals surface area (Å²) in [5.74, 6) is -0.303. The highest BCUT2D eigenvalue weighted by atomic mass is 16.1.